The summed E-state index contributed by atoms with van der Waals surface area (Å²) in [6, 6.07) is 3.60. The lowest BCUT2D eigenvalue weighted by Crippen LogP contribution is -2.36. The van der Waals surface area contributed by atoms with Gasteiger partial charge in [0.1, 0.15) is 12.4 Å². The highest BCUT2D eigenvalue weighted by Crippen LogP contribution is 2.01. The maximum absolute atomic E-state index is 9.59. The van der Waals surface area contributed by atoms with Crippen molar-refractivity contribution in [3.63, 3.8) is 0 Å². The van der Waals surface area contributed by atoms with Gasteiger partial charge in [-0.25, -0.2) is 0 Å². The van der Waals surface area contributed by atoms with E-state index in [4.69, 9.17) is 13.9 Å². The van der Waals surface area contributed by atoms with Crippen LogP contribution in [-0.2, 0) is 16.1 Å². The molecule has 0 amide bonds. The lowest BCUT2D eigenvalue weighted by molar-refractivity contribution is 0.0189. The molecule has 0 spiro atoms. The van der Waals surface area contributed by atoms with E-state index in [1.54, 1.807) is 12.3 Å². The van der Waals surface area contributed by atoms with Crippen LogP contribution < -0.4 is 5.32 Å². The Morgan fingerprint density at radius 2 is 2.00 bits per heavy atom. The average molecular weight is 259 g/mol. The number of hydrogen-bond donors (Lipinski definition) is 3. The molecule has 6 nitrogen and oxygen atoms in total. The van der Waals surface area contributed by atoms with Gasteiger partial charge in [0, 0.05) is 20.2 Å². The molecule has 18 heavy (non-hydrogen) atoms. The summed E-state index contributed by atoms with van der Waals surface area (Å²) in [5, 5.41) is 21.9. The Bertz CT molecular complexity index is 291. The molecule has 6 heteroatoms. The molecule has 0 aliphatic heterocycles. The predicted octanol–water partition coefficient (Wildman–Crippen LogP) is -0.246. The normalized spacial score (nSPS) is 14.6. The zero-order valence-electron chi connectivity index (χ0n) is 10.5. The molecule has 0 radical (unpaired) electrons. The third kappa shape index (κ3) is 6.73. The van der Waals surface area contributed by atoms with Crippen molar-refractivity contribution in [3.8, 4) is 0 Å². The zero-order valence-corrected chi connectivity index (χ0v) is 10.5. The van der Waals surface area contributed by atoms with Crippen LogP contribution in [-0.4, -0.2) is 55.8 Å². The molecule has 0 saturated carbocycles. The minimum atomic E-state index is -0.616. The first-order valence-corrected chi connectivity index (χ1v) is 5.88. The van der Waals surface area contributed by atoms with E-state index in [1.807, 2.05) is 6.07 Å². The molecule has 2 unspecified atom stereocenters. The van der Waals surface area contributed by atoms with Gasteiger partial charge in [0.15, 0.2) is 0 Å². The van der Waals surface area contributed by atoms with Crippen LogP contribution in [0.15, 0.2) is 22.8 Å². The van der Waals surface area contributed by atoms with Crippen molar-refractivity contribution in [1.82, 2.24) is 5.32 Å². The van der Waals surface area contributed by atoms with E-state index in [9.17, 15) is 10.2 Å². The molecular weight excluding hydrogens is 238 g/mol. The van der Waals surface area contributed by atoms with E-state index in [0.717, 1.165) is 5.76 Å². The fraction of sp³-hybridized carbons (Fsp3) is 0.667. The molecule has 0 aliphatic carbocycles. The van der Waals surface area contributed by atoms with Gasteiger partial charge in [-0.3, -0.25) is 0 Å². The van der Waals surface area contributed by atoms with Gasteiger partial charge in [-0.2, -0.15) is 0 Å². The number of nitrogens with one attached hydrogen (secondary N) is 1. The molecule has 0 fully saturated rings. The molecular formula is C12H21NO5. The molecule has 104 valence electrons. The van der Waals surface area contributed by atoms with Gasteiger partial charge in [-0.1, -0.05) is 0 Å². The highest BCUT2D eigenvalue weighted by molar-refractivity contribution is 4.96. The Labute approximate surface area is 107 Å². The first-order valence-electron chi connectivity index (χ1n) is 5.88. The lowest BCUT2D eigenvalue weighted by Gasteiger charge is -2.14. The van der Waals surface area contributed by atoms with Crippen LogP contribution in [0.25, 0.3) is 0 Å². The van der Waals surface area contributed by atoms with E-state index >= 15 is 0 Å². The molecule has 1 aromatic rings. The second kappa shape index (κ2) is 9.07. The third-order valence-corrected chi connectivity index (χ3v) is 2.25. The van der Waals surface area contributed by atoms with Crippen LogP contribution >= 0.6 is 0 Å². The van der Waals surface area contributed by atoms with E-state index in [0.29, 0.717) is 19.7 Å². The second-order valence-corrected chi connectivity index (χ2v) is 4.02. The van der Waals surface area contributed by atoms with Crippen molar-refractivity contribution in [2.75, 3.05) is 33.4 Å². The summed E-state index contributed by atoms with van der Waals surface area (Å²) >= 11 is 0. The largest absolute Gasteiger partial charge is 0.467 e. The van der Waals surface area contributed by atoms with Crippen LogP contribution in [0.5, 0.6) is 0 Å². The number of rotatable bonds is 10. The molecule has 0 aliphatic rings. The highest BCUT2D eigenvalue weighted by atomic mass is 16.5. The smallest absolute Gasteiger partial charge is 0.129 e. The first kappa shape index (κ1) is 15.1. The Kier molecular flexibility index (Phi) is 7.63. The summed E-state index contributed by atoms with van der Waals surface area (Å²) < 4.78 is 15.1. The molecule has 3 N–H and O–H groups in total. The van der Waals surface area contributed by atoms with Crippen LogP contribution in [0.2, 0.25) is 0 Å². The van der Waals surface area contributed by atoms with Crippen molar-refractivity contribution in [2.24, 2.45) is 0 Å². The number of aliphatic hydroxyl groups is 2. The second-order valence-electron chi connectivity index (χ2n) is 4.02. The van der Waals surface area contributed by atoms with Crippen molar-refractivity contribution in [1.29, 1.82) is 0 Å². The minimum Gasteiger partial charge on any atom is -0.467 e. The fourth-order valence-corrected chi connectivity index (χ4v) is 1.42. The SMILES string of the molecule is COCC(O)CNCC(O)COCc1ccco1. The first-order chi connectivity index (χ1) is 8.72. The molecule has 1 aromatic heterocycles. The maximum atomic E-state index is 9.59. The number of hydrogen-bond acceptors (Lipinski definition) is 6. The number of aliphatic hydroxyl groups excluding tert-OH is 2. The minimum absolute atomic E-state index is 0.216. The van der Waals surface area contributed by atoms with Gasteiger partial charge < -0.3 is 29.4 Å². The fourth-order valence-electron chi connectivity index (χ4n) is 1.42. The van der Waals surface area contributed by atoms with Gasteiger partial charge in [0.25, 0.3) is 0 Å². The summed E-state index contributed by atoms with van der Waals surface area (Å²) in [4.78, 5) is 0. The van der Waals surface area contributed by atoms with E-state index in [-0.39, 0.29) is 13.2 Å². The highest BCUT2D eigenvalue weighted by Gasteiger charge is 2.07. The lowest BCUT2D eigenvalue weighted by atomic mass is 10.3. The van der Waals surface area contributed by atoms with Crippen molar-refractivity contribution < 1.29 is 24.1 Å². The Hall–Kier alpha value is -0.920. The Balaban J connectivity index is 1.98. The van der Waals surface area contributed by atoms with Crippen LogP contribution in [0.4, 0.5) is 0 Å². The quantitative estimate of drug-likeness (QED) is 0.537. The summed E-state index contributed by atoms with van der Waals surface area (Å²) in [5.41, 5.74) is 0. The van der Waals surface area contributed by atoms with Crippen LogP contribution in [0.1, 0.15) is 5.76 Å². The zero-order chi connectivity index (χ0) is 13.2. The monoisotopic (exact) mass is 259 g/mol. The van der Waals surface area contributed by atoms with Crippen LogP contribution in [0.3, 0.4) is 0 Å². The third-order valence-electron chi connectivity index (χ3n) is 2.25. The van der Waals surface area contributed by atoms with Crippen molar-refractivity contribution >= 4 is 0 Å². The molecule has 0 bridgehead atoms. The van der Waals surface area contributed by atoms with E-state index < -0.39 is 12.2 Å². The molecule has 0 aromatic carbocycles. The topological polar surface area (TPSA) is 84.1 Å². The Morgan fingerprint density at radius 1 is 1.28 bits per heavy atom. The van der Waals surface area contributed by atoms with Gasteiger partial charge in [-0.15, -0.1) is 0 Å². The summed E-state index contributed by atoms with van der Waals surface area (Å²) in [7, 11) is 1.53. The molecule has 0 saturated heterocycles. The summed E-state index contributed by atoms with van der Waals surface area (Å²) in [6.45, 7) is 1.57. The standard InChI is InChI=1S/C12H21NO5/c1-16-7-10(14)5-13-6-11(15)8-17-9-12-3-2-4-18-12/h2-4,10-11,13-15H,5-9H2,1H3. The number of furan rings is 1. The van der Waals surface area contributed by atoms with Gasteiger partial charge >= 0.3 is 0 Å². The van der Waals surface area contributed by atoms with Crippen LogP contribution in [0, 0.1) is 0 Å². The number of methoxy groups -OCH3 is 1. The number of ether oxygens (including phenoxy) is 2. The van der Waals surface area contributed by atoms with Crippen molar-refractivity contribution in [3.05, 3.63) is 24.2 Å². The van der Waals surface area contributed by atoms with Crippen molar-refractivity contribution in [2.45, 2.75) is 18.8 Å². The van der Waals surface area contributed by atoms with Gasteiger partial charge in [0.2, 0.25) is 0 Å². The van der Waals surface area contributed by atoms with E-state index in [2.05, 4.69) is 5.32 Å². The van der Waals surface area contributed by atoms with E-state index in [1.165, 1.54) is 7.11 Å². The summed E-state index contributed by atoms with van der Waals surface area (Å²) in [6.07, 6.45) is 0.398. The molecule has 1 rings (SSSR count). The maximum Gasteiger partial charge on any atom is 0.129 e. The Morgan fingerprint density at radius 3 is 2.61 bits per heavy atom. The molecule has 2 atom stereocenters. The predicted molar refractivity (Wildman–Crippen MR) is 65.1 cm³/mol. The van der Waals surface area contributed by atoms with Gasteiger partial charge in [0.05, 0.1) is 31.7 Å². The average Bonchev–Trinajstić information content (AvgIpc) is 2.82. The molecule has 1 heterocycles. The summed E-state index contributed by atoms with van der Waals surface area (Å²) in [5.74, 6) is 0.727. The van der Waals surface area contributed by atoms with Gasteiger partial charge in [-0.05, 0) is 12.1 Å².